The van der Waals surface area contributed by atoms with Gasteiger partial charge in [-0.25, -0.2) is 4.79 Å². The van der Waals surface area contributed by atoms with Crippen molar-refractivity contribution in [3.63, 3.8) is 0 Å². The quantitative estimate of drug-likeness (QED) is 0.788. The second-order valence-corrected chi connectivity index (χ2v) is 6.73. The van der Waals surface area contributed by atoms with Crippen molar-refractivity contribution < 1.29 is 19.1 Å². The Kier molecular flexibility index (Phi) is 5.16. The maximum atomic E-state index is 12.2. The van der Waals surface area contributed by atoms with Crippen LogP contribution < -0.4 is 15.4 Å². The number of urea groups is 1. The van der Waals surface area contributed by atoms with Gasteiger partial charge in [0.2, 0.25) is 0 Å². The Morgan fingerprint density at radius 1 is 1.07 bits per heavy atom. The molecule has 1 heterocycles. The Bertz CT molecular complexity index is 890. The van der Waals surface area contributed by atoms with E-state index in [0.29, 0.717) is 11.4 Å². The highest BCUT2D eigenvalue weighted by Crippen LogP contribution is 2.33. The van der Waals surface area contributed by atoms with E-state index in [-0.39, 0.29) is 18.6 Å². The van der Waals surface area contributed by atoms with Gasteiger partial charge in [0.25, 0.3) is 0 Å². The van der Waals surface area contributed by atoms with Gasteiger partial charge in [-0.15, -0.1) is 0 Å². The molecule has 2 N–H and O–H groups in total. The molecule has 1 aliphatic heterocycles. The van der Waals surface area contributed by atoms with Gasteiger partial charge in [-0.1, -0.05) is 23.8 Å². The highest BCUT2D eigenvalue weighted by Gasteiger charge is 2.29. The molecule has 0 bridgehead atoms. The molecule has 0 radical (unpaired) electrons. The van der Waals surface area contributed by atoms with Gasteiger partial charge in [0.05, 0.1) is 0 Å². The normalized spacial score (nSPS) is 17.4. The molecular weight excluding hydrogens is 344 g/mol. The maximum absolute atomic E-state index is 12.2. The highest BCUT2D eigenvalue weighted by molar-refractivity contribution is 6.00. The van der Waals surface area contributed by atoms with Crippen LogP contribution in [0, 0.1) is 6.92 Å². The number of nitrogens with one attached hydrogen (secondary N) is 2. The van der Waals surface area contributed by atoms with E-state index in [9.17, 15) is 9.59 Å². The van der Waals surface area contributed by atoms with Crippen molar-refractivity contribution >= 4 is 29.5 Å². The number of fused-ring (bicyclic) bond motifs is 1. The van der Waals surface area contributed by atoms with Crippen LogP contribution in [0.1, 0.15) is 25.0 Å². The van der Waals surface area contributed by atoms with Crippen LogP contribution in [0.5, 0.6) is 5.75 Å². The summed E-state index contributed by atoms with van der Waals surface area (Å²) in [5.41, 5.74) is 2.62. The number of benzene rings is 2. The van der Waals surface area contributed by atoms with E-state index >= 15 is 0 Å². The average Bonchev–Trinajstić information content (AvgIpc) is 2.62. The zero-order chi connectivity index (χ0) is 19.4. The number of carbonyl (C=O) groups is 2. The van der Waals surface area contributed by atoms with Crippen molar-refractivity contribution in [2.24, 2.45) is 0 Å². The molecule has 140 valence electrons. The van der Waals surface area contributed by atoms with Gasteiger partial charge in [-0.2, -0.15) is 0 Å². The van der Waals surface area contributed by atoms with E-state index in [1.165, 1.54) is 6.92 Å². The molecule has 27 heavy (non-hydrogen) atoms. The third-order valence-corrected chi connectivity index (χ3v) is 4.10. The van der Waals surface area contributed by atoms with Gasteiger partial charge >= 0.3 is 12.0 Å². The highest BCUT2D eigenvalue weighted by atomic mass is 16.6. The lowest BCUT2D eigenvalue weighted by Gasteiger charge is -2.31. The molecule has 6 heteroatoms. The number of aryl methyl sites for hydroxylation is 1. The summed E-state index contributed by atoms with van der Waals surface area (Å²) >= 11 is 0. The second kappa shape index (κ2) is 7.53. The first kappa shape index (κ1) is 18.5. The number of carbonyl (C=O) groups excluding carboxylic acids is 2. The Morgan fingerprint density at radius 2 is 1.74 bits per heavy atom. The predicted octanol–water partition coefficient (Wildman–Crippen LogP) is 4.37. The van der Waals surface area contributed by atoms with E-state index in [0.717, 1.165) is 16.8 Å². The summed E-state index contributed by atoms with van der Waals surface area (Å²) in [6, 6.07) is 12.6. The van der Waals surface area contributed by atoms with Gasteiger partial charge < -0.3 is 20.1 Å². The fourth-order valence-electron chi connectivity index (χ4n) is 2.65. The largest absolute Gasteiger partial charge is 0.479 e. The lowest BCUT2D eigenvalue weighted by molar-refractivity contribution is -0.145. The minimum Gasteiger partial charge on any atom is -0.479 e. The summed E-state index contributed by atoms with van der Waals surface area (Å²) in [6.07, 6.45) is 3.74. The molecule has 2 aromatic rings. The number of hydrogen-bond acceptors (Lipinski definition) is 4. The Morgan fingerprint density at radius 3 is 2.44 bits per heavy atom. The third-order valence-electron chi connectivity index (χ3n) is 4.10. The smallest absolute Gasteiger partial charge is 0.323 e. The van der Waals surface area contributed by atoms with Crippen molar-refractivity contribution in [3.8, 4) is 5.75 Å². The molecule has 0 aromatic heterocycles. The molecule has 2 amide bonds. The van der Waals surface area contributed by atoms with Crippen LogP contribution in [0.3, 0.4) is 0 Å². The molecule has 3 rings (SSSR count). The SMILES string of the molecule is CC(=O)OCC1(C)C=Cc2cc(NC(=O)Nc3ccc(C)cc3)ccc2O1. The number of amides is 2. The molecule has 0 saturated carbocycles. The lowest BCUT2D eigenvalue weighted by Crippen LogP contribution is -2.37. The molecule has 2 aromatic carbocycles. The van der Waals surface area contributed by atoms with Crippen molar-refractivity contribution in [3.05, 3.63) is 59.7 Å². The zero-order valence-corrected chi connectivity index (χ0v) is 15.5. The standard InChI is InChI=1S/C21H22N2O4/c1-14-4-6-17(7-5-14)22-20(25)23-18-8-9-19-16(12-18)10-11-21(3,27-19)13-26-15(2)24/h4-12H,13H2,1-3H3,(H2,22,23,25). The van der Waals surface area contributed by atoms with E-state index in [1.807, 2.05) is 56.3 Å². The van der Waals surface area contributed by atoms with Crippen molar-refractivity contribution in [2.45, 2.75) is 26.4 Å². The summed E-state index contributed by atoms with van der Waals surface area (Å²) in [4.78, 5) is 23.2. The van der Waals surface area contributed by atoms with Gasteiger partial charge in [0.1, 0.15) is 12.4 Å². The second-order valence-electron chi connectivity index (χ2n) is 6.73. The fraction of sp³-hybridized carbons (Fsp3) is 0.238. The molecule has 0 fully saturated rings. The topological polar surface area (TPSA) is 76.7 Å². The first-order valence-electron chi connectivity index (χ1n) is 8.63. The first-order valence-corrected chi connectivity index (χ1v) is 8.63. The Hall–Kier alpha value is -3.28. The van der Waals surface area contributed by atoms with E-state index in [4.69, 9.17) is 9.47 Å². The van der Waals surface area contributed by atoms with Gasteiger partial charge in [-0.3, -0.25) is 4.79 Å². The summed E-state index contributed by atoms with van der Waals surface area (Å²) in [5.74, 6) is 0.315. The molecule has 0 aliphatic carbocycles. The van der Waals surface area contributed by atoms with E-state index in [1.54, 1.807) is 12.1 Å². The van der Waals surface area contributed by atoms with Gasteiger partial charge in [-0.05, 0) is 50.3 Å². The van der Waals surface area contributed by atoms with Crippen LogP contribution in [0.15, 0.2) is 48.5 Å². The fourth-order valence-corrected chi connectivity index (χ4v) is 2.65. The molecule has 1 atom stereocenters. The minimum absolute atomic E-state index is 0.136. The number of rotatable bonds is 4. The molecule has 1 aliphatic rings. The molecular formula is C21H22N2O4. The summed E-state index contributed by atoms with van der Waals surface area (Å²) in [7, 11) is 0. The first-order chi connectivity index (χ1) is 12.8. The summed E-state index contributed by atoms with van der Waals surface area (Å²) in [6.45, 7) is 5.33. The van der Waals surface area contributed by atoms with Crippen LogP contribution >= 0.6 is 0 Å². The summed E-state index contributed by atoms with van der Waals surface area (Å²) in [5, 5.41) is 5.60. The molecule has 0 saturated heterocycles. The van der Waals surface area contributed by atoms with Gasteiger partial charge in [0.15, 0.2) is 5.60 Å². The van der Waals surface area contributed by atoms with Crippen LogP contribution in [0.4, 0.5) is 16.2 Å². The molecule has 6 nitrogen and oxygen atoms in total. The van der Waals surface area contributed by atoms with E-state index < -0.39 is 5.60 Å². The maximum Gasteiger partial charge on any atom is 0.323 e. The number of ether oxygens (including phenoxy) is 2. The molecule has 0 spiro atoms. The summed E-state index contributed by atoms with van der Waals surface area (Å²) < 4.78 is 11.0. The van der Waals surface area contributed by atoms with E-state index in [2.05, 4.69) is 10.6 Å². The third kappa shape index (κ3) is 4.88. The lowest BCUT2D eigenvalue weighted by atomic mass is 10.0. The Balaban J connectivity index is 1.65. The van der Waals surface area contributed by atoms with Crippen LogP contribution in [-0.4, -0.2) is 24.2 Å². The predicted molar refractivity (Wildman–Crippen MR) is 105 cm³/mol. The van der Waals surface area contributed by atoms with Gasteiger partial charge in [0, 0.05) is 23.9 Å². The van der Waals surface area contributed by atoms with Crippen LogP contribution in [0.2, 0.25) is 0 Å². The van der Waals surface area contributed by atoms with Crippen molar-refractivity contribution in [1.29, 1.82) is 0 Å². The average molecular weight is 366 g/mol. The van der Waals surface area contributed by atoms with Crippen LogP contribution in [0.25, 0.3) is 6.08 Å². The Labute approximate surface area is 158 Å². The van der Waals surface area contributed by atoms with Crippen LogP contribution in [-0.2, 0) is 9.53 Å². The van der Waals surface area contributed by atoms with Crippen molar-refractivity contribution in [1.82, 2.24) is 0 Å². The molecule has 1 unspecified atom stereocenters. The monoisotopic (exact) mass is 366 g/mol. The van der Waals surface area contributed by atoms with Crippen molar-refractivity contribution in [2.75, 3.05) is 17.2 Å². The minimum atomic E-state index is -0.712. The number of hydrogen-bond donors (Lipinski definition) is 2. The number of anilines is 2. The number of esters is 1. The zero-order valence-electron chi connectivity index (χ0n) is 15.5.